The average Bonchev–Trinajstić information content (AvgIpc) is 3.30. The molecule has 2 aromatic heterocycles. The fraction of sp³-hybridized carbons (Fsp3) is 0.429. The second kappa shape index (κ2) is 7.22. The largest absolute Gasteiger partial charge is 0.325 e. The van der Waals surface area contributed by atoms with Gasteiger partial charge in [0.2, 0.25) is 0 Å². The third-order valence-electron chi connectivity index (χ3n) is 5.20. The summed E-state index contributed by atoms with van der Waals surface area (Å²) in [7, 11) is 0. The lowest BCUT2D eigenvalue weighted by Crippen LogP contribution is -2.45. The molecule has 1 atom stereocenters. The highest BCUT2D eigenvalue weighted by atomic mass is 16.2. The van der Waals surface area contributed by atoms with Crippen LogP contribution in [0.1, 0.15) is 48.8 Å². The molecule has 0 fully saturated rings. The number of hydrogen-bond acceptors (Lipinski definition) is 4. The van der Waals surface area contributed by atoms with Gasteiger partial charge in [0.05, 0.1) is 18.3 Å². The van der Waals surface area contributed by atoms with Crippen LogP contribution in [0, 0.1) is 12.8 Å². The third-order valence-corrected chi connectivity index (χ3v) is 5.20. The number of fused-ring (bicyclic) bond motifs is 1. The Kier molecular flexibility index (Phi) is 4.75. The van der Waals surface area contributed by atoms with Crippen molar-refractivity contribution in [2.75, 3.05) is 6.54 Å². The van der Waals surface area contributed by atoms with Gasteiger partial charge < -0.3 is 4.90 Å². The van der Waals surface area contributed by atoms with Gasteiger partial charge in [0.15, 0.2) is 11.6 Å². The van der Waals surface area contributed by atoms with Gasteiger partial charge in [0, 0.05) is 18.7 Å². The van der Waals surface area contributed by atoms with E-state index in [9.17, 15) is 4.79 Å². The van der Waals surface area contributed by atoms with Crippen molar-refractivity contribution >= 4 is 5.91 Å². The molecule has 0 saturated heterocycles. The molecule has 7 nitrogen and oxygen atoms in total. The molecule has 1 aromatic carbocycles. The van der Waals surface area contributed by atoms with Gasteiger partial charge in [0.25, 0.3) is 5.91 Å². The maximum atomic E-state index is 13.4. The molecular formula is C21H26N6O. The van der Waals surface area contributed by atoms with Gasteiger partial charge in [-0.3, -0.25) is 9.48 Å². The van der Waals surface area contributed by atoms with Crippen LogP contribution in [0.4, 0.5) is 0 Å². The molecule has 0 saturated carbocycles. The van der Waals surface area contributed by atoms with E-state index >= 15 is 0 Å². The summed E-state index contributed by atoms with van der Waals surface area (Å²) >= 11 is 0. The first-order valence-corrected chi connectivity index (χ1v) is 9.85. The zero-order chi connectivity index (χ0) is 19.8. The van der Waals surface area contributed by atoms with Gasteiger partial charge in [-0.1, -0.05) is 44.2 Å². The zero-order valence-electron chi connectivity index (χ0n) is 16.8. The Labute approximate surface area is 165 Å². The average molecular weight is 378 g/mol. The number of benzene rings is 1. The Balaban J connectivity index is 1.72. The Morgan fingerprint density at radius 2 is 1.93 bits per heavy atom. The molecule has 0 N–H and O–H groups in total. The van der Waals surface area contributed by atoms with Gasteiger partial charge in [-0.2, -0.15) is 10.2 Å². The summed E-state index contributed by atoms with van der Waals surface area (Å²) in [6.07, 6.45) is 0. The molecular weight excluding hydrogens is 352 g/mol. The van der Waals surface area contributed by atoms with E-state index in [1.54, 1.807) is 4.68 Å². The normalized spacial score (nSPS) is 16.5. The van der Waals surface area contributed by atoms with Gasteiger partial charge in [0.1, 0.15) is 5.69 Å². The van der Waals surface area contributed by atoms with E-state index in [1.165, 1.54) is 0 Å². The lowest BCUT2D eigenvalue weighted by atomic mass is 9.99. The molecule has 1 aliphatic rings. The molecule has 28 heavy (non-hydrogen) atoms. The van der Waals surface area contributed by atoms with Crippen LogP contribution in [-0.4, -0.2) is 41.9 Å². The van der Waals surface area contributed by atoms with Crippen molar-refractivity contribution in [1.29, 1.82) is 0 Å². The van der Waals surface area contributed by atoms with Crippen molar-refractivity contribution < 1.29 is 4.79 Å². The maximum Gasteiger partial charge on any atom is 0.272 e. The van der Waals surface area contributed by atoms with Crippen molar-refractivity contribution in [3.05, 3.63) is 53.6 Å². The molecule has 0 radical (unpaired) electrons. The zero-order valence-corrected chi connectivity index (χ0v) is 16.8. The number of carbonyl (C=O) groups is 1. The first-order valence-electron chi connectivity index (χ1n) is 9.85. The van der Waals surface area contributed by atoms with E-state index in [1.807, 2.05) is 59.8 Å². The number of hydrogen-bond donors (Lipinski definition) is 0. The van der Waals surface area contributed by atoms with Gasteiger partial charge in [-0.25, -0.2) is 9.67 Å². The number of carbonyl (C=O) groups excluding carboxylic acids is 1. The lowest BCUT2D eigenvalue weighted by molar-refractivity contribution is 0.0524. The maximum absolute atomic E-state index is 13.4. The molecule has 0 aliphatic carbocycles. The molecule has 3 aromatic rings. The van der Waals surface area contributed by atoms with Gasteiger partial charge >= 0.3 is 0 Å². The standard InChI is InChI=1S/C21H26N6O/c1-5-26-17(13-15(4)23-26)21(28)25-11-12-27-20(18(25)14(2)3)22-19(24-27)16-9-7-6-8-10-16/h6-10,13-14,18H,5,11-12H2,1-4H3/t18-/m0/s1. The molecule has 0 spiro atoms. The smallest absolute Gasteiger partial charge is 0.272 e. The van der Waals surface area contributed by atoms with Crippen molar-refractivity contribution in [3.8, 4) is 11.4 Å². The minimum Gasteiger partial charge on any atom is -0.325 e. The Bertz CT molecular complexity index is 988. The number of aryl methyl sites for hydroxylation is 2. The predicted molar refractivity (Wildman–Crippen MR) is 107 cm³/mol. The fourth-order valence-corrected chi connectivity index (χ4v) is 3.92. The van der Waals surface area contributed by atoms with E-state index in [0.717, 1.165) is 17.1 Å². The Morgan fingerprint density at radius 1 is 1.18 bits per heavy atom. The molecule has 146 valence electrons. The number of nitrogens with zero attached hydrogens (tertiary/aromatic N) is 6. The van der Waals surface area contributed by atoms with E-state index in [0.29, 0.717) is 31.2 Å². The molecule has 0 bridgehead atoms. The molecule has 1 amide bonds. The summed E-state index contributed by atoms with van der Waals surface area (Å²) in [5.74, 6) is 1.80. The van der Waals surface area contributed by atoms with E-state index < -0.39 is 0 Å². The number of amides is 1. The monoisotopic (exact) mass is 378 g/mol. The van der Waals surface area contributed by atoms with Crippen LogP contribution in [0.5, 0.6) is 0 Å². The Morgan fingerprint density at radius 3 is 2.61 bits per heavy atom. The highest BCUT2D eigenvalue weighted by molar-refractivity contribution is 5.93. The van der Waals surface area contributed by atoms with Crippen molar-refractivity contribution in [3.63, 3.8) is 0 Å². The summed E-state index contributed by atoms with van der Waals surface area (Å²) in [5.41, 5.74) is 2.49. The van der Waals surface area contributed by atoms with E-state index in [-0.39, 0.29) is 17.9 Å². The van der Waals surface area contributed by atoms with Gasteiger partial charge in [-0.05, 0) is 25.8 Å². The summed E-state index contributed by atoms with van der Waals surface area (Å²) in [6, 6.07) is 11.7. The van der Waals surface area contributed by atoms with Crippen LogP contribution in [0.3, 0.4) is 0 Å². The third kappa shape index (κ3) is 3.10. The molecule has 4 rings (SSSR count). The summed E-state index contributed by atoms with van der Waals surface area (Å²) in [4.78, 5) is 20.2. The SMILES string of the molecule is CCn1nc(C)cc1C(=O)N1CCn2nc(-c3ccccc3)nc2[C@@H]1C(C)C. The predicted octanol–water partition coefficient (Wildman–Crippen LogP) is 3.32. The van der Waals surface area contributed by atoms with Crippen molar-refractivity contribution in [1.82, 2.24) is 29.4 Å². The highest BCUT2D eigenvalue weighted by Crippen LogP contribution is 2.33. The molecule has 0 unspecified atom stereocenters. The minimum absolute atomic E-state index is 0.0108. The summed E-state index contributed by atoms with van der Waals surface area (Å²) in [6.45, 7) is 10.1. The van der Waals surface area contributed by atoms with Crippen LogP contribution in [-0.2, 0) is 13.1 Å². The first kappa shape index (κ1) is 18.4. The quantitative estimate of drug-likeness (QED) is 0.698. The second-order valence-electron chi connectivity index (χ2n) is 7.56. The minimum atomic E-state index is -0.119. The van der Waals surface area contributed by atoms with E-state index in [4.69, 9.17) is 10.1 Å². The number of aromatic nitrogens is 5. The molecule has 1 aliphatic heterocycles. The second-order valence-corrected chi connectivity index (χ2v) is 7.56. The molecule has 7 heteroatoms. The van der Waals surface area contributed by atoms with Crippen LogP contribution in [0.15, 0.2) is 36.4 Å². The van der Waals surface area contributed by atoms with Crippen LogP contribution >= 0.6 is 0 Å². The fourth-order valence-electron chi connectivity index (χ4n) is 3.92. The van der Waals surface area contributed by atoms with E-state index in [2.05, 4.69) is 18.9 Å². The highest BCUT2D eigenvalue weighted by Gasteiger charge is 2.37. The van der Waals surface area contributed by atoms with Crippen LogP contribution in [0.25, 0.3) is 11.4 Å². The van der Waals surface area contributed by atoms with Crippen molar-refractivity contribution in [2.24, 2.45) is 5.92 Å². The van der Waals surface area contributed by atoms with Crippen molar-refractivity contribution in [2.45, 2.75) is 46.8 Å². The summed E-state index contributed by atoms with van der Waals surface area (Å²) < 4.78 is 3.74. The first-order chi connectivity index (χ1) is 13.5. The van der Waals surface area contributed by atoms with Crippen LogP contribution in [0.2, 0.25) is 0 Å². The van der Waals surface area contributed by atoms with Crippen LogP contribution < -0.4 is 0 Å². The molecule has 3 heterocycles. The lowest BCUT2D eigenvalue weighted by Gasteiger charge is -2.37. The summed E-state index contributed by atoms with van der Waals surface area (Å²) in [5, 5.41) is 9.15. The Hall–Kier alpha value is -2.96. The number of rotatable bonds is 4. The topological polar surface area (TPSA) is 68.8 Å². The van der Waals surface area contributed by atoms with Gasteiger partial charge in [-0.15, -0.1) is 0 Å².